The molecule has 0 radical (unpaired) electrons. The third-order valence-electron chi connectivity index (χ3n) is 4.46. The second kappa shape index (κ2) is 7.36. The molecule has 1 heterocycles. The van der Waals surface area contributed by atoms with Crippen molar-refractivity contribution in [2.45, 2.75) is 37.6 Å². The Bertz CT molecular complexity index is 827. The normalized spacial score (nSPS) is 29.1. The summed E-state index contributed by atoms with van der Waals surface area (Å²) in [4.78, 5) is 0. The third-order valence-corrected chi connectivity index (χ3v) is 5.41. The average Bonchev–Trinajstić information content (AvgIpc) is 2.64. The number of aliphatic hydroxyl groups is 4. The van der Waals surface area contributed by atoms with Crippen molar-refractivity contribution >= 4 is 34.0 Å². The first-order chi connectivity index (χ1) is 12.3. The van der Waals surface area contributed by atoms with Gasteiger partial charge < -0.3 is 35.0 Å². The molecule has 9 heteroatoms. The highest BCUT2D eigenvalue weighted by molar-refractivity contribution is 6.41. The molecular weight excluding hydrogens is 387 g/mol. The largest absolute Gasteiger partial charge is 0.506 e. The first kappa shape index (κ1) is 19.4. The zero-order valence-corrected chi connectivity index (χ0v) is 15.1. The Morgan fingerprint density at radius 2 is 1.77 bits per heavy atom. The number of phenols is 1. The lowest BCUT2D eigenvalue weighted by atomic mass is 9.99. The highest BCUT2D eigenvalue weighted by atomic mass is 35.5. The number of fused-ring (bicyclic) bond motifs is 1. The van der Waals surface area contributed by atoms with Gasteiger partial charge in [-0.2, -0.15) is 0 Å². The summed E-state index contributed by atoms with van der Waals surface area (Å²) in [5.74, 6) is -0.142. The van der Waals surface area contributed by atoms with Crippen LogP contribution >= 0.6 is 23.2 Å². The molecule has 1 fully saturated rings. The summed E-state index contributed by atoms with van der Waals surface area (Å²) < 4.78 is 11.0. The van der Waals surface area contributed by atoms with Crippen LogP contribution in [0.4, 0.5) is 0 Å². The number of benzene rings is 2. The summed E-state index contributed by atoms with van der Waals surface area (Å²) in [5, 5.41) is 50.6. The van der Waals surface area contributed by atoms with Gasteiger partial charge in [0, 0.05) is 5.39 Å². The van der Waals surface area contributed by atoms with Gasteiger partial charge in [0.05, 0.1) is 22.0 Å². The van der Waals surface area contributed by atoms with Gasteiger partial charge in [-0.15, -0.1) is 0 Å². The zero-order chi connectivity index (χ0) is 19.2. The highest BCUT2D eigenvalue weighted by Gasteiger charge is 2.44. The zero-order valence-electron chi connectivity index (χ0n) is 13.6. The molecule has 1 aliphatic rings. The minimum absolute atomic E-state index is 0.0624. The van der Waals surface area contributed by atoms with E-state index in [2.05, 4.69) is 0 Å². The van der Waals surface area contributed by atoms with Crippen molar-refractivity contribution in [3.05, 3.63) is 33.8 Å². The van der Waals surface area contributed by atoms with Crippen molar-refractivity contribution in [2.24, 2.45) is 0 Å². The second-order valence-corrected chi connectivity index (χ2v) is 6.85. The summed E-state index contributed by atoms with van der Waals surface area (Å²) >= 11 is 12.4. The molecule has 0 aliphatic carbocycles. The summed E-state index contributed by atoms with van der Waals surface area (Å²) in [5.41, 5.74) is 0.503. The van der Waals surface area contributed by atoms with Crippen molar-refractivity contribution < 1.29 is 35.0 Å². The maximum atomic E-state index is 10.4. The molecule has 0 saturated carbocycles. The molecule has 1 aliphatic heterocycles. The van der Waals surface area contributed by atoms with Crippen LogP contribution < -0.4 is 4.74 Å². The summed E-state index contributed by atoms with van der Waals surface area (Å²) in [7, 11) is 0. The quantitative estimate of drug-likeness (QED) is 0.523. The van der Waals surface area contributed by atoms with Crippen LogP contribution in [0.5, 0.6) is 11.5 Å². The fourth-order valence-corrected chi connectivity index (χ4v) is 3.42. The van der Waals surface area contributed by atoms with Crippen LogP contribution in [0.2, 0.25) is 10.0 Å². The van der Waals surface area contributed by atoms with Crippen LogP contribution in [-0.4, -0.2) is 62.8 Å². The van der Waals surface area contributed by atoms with E-state index in [0.29, 0.717) is 16.0 Å². The van der Waals surface area contributed by atoms with Gasteiger partial charge in [0.25, 0.3) is 0 Å². The molecule has 2 aromatic rings. The predicted molar refractivity (Wildman–Crippen MR) is 94.8 cm³/mol. The van der Waals surface area contributed by atoms with E-state index in [1.807, 2.05) is 0 Å². The molecule has 5 N–H and O–H groups in total. The van der Waals surface area contributed by atoms with Crippen LogP contribution in [0.15, 0.2) is 18.2 Å². The summed E-state index contributed by atoms with van der Waals surface area (Å²) in [6, 6.07) is 4.80. The van der Waals surface area contributed by atoms with E-state index >= 15 is 0 Å². The van der Waals surface area contributed by atoms with E-state index in [1.54, 1.807) is 19.1 Å². The molecule has 2 aromatic carbocycles. The minimum atomic E-state index is -1.58. The SMILES string of the molecule is Cc1c(Cl)c(O)c2c(O[C@@H]3O[C@@H](CO)[C@@H](O)[C@H](O)[C@@H]3O)cccc2c1Cl. The maximum absolute atomic E-state index is 10.4. The molecule has 1 saturated heterocycles. The Hall–Kier alpha value is -1.32. The van der Waals surface area contributed by atoms with E-state index in [4.69, 9.17) is 32.7 Å². The van der Waals surface area contributed by atoms with Crippen LogP contribution in [0.1, 0.15) is 5.56 Å². The van der Waals surface area contributed by atoms with Gasteiger partial charge in [0.2, 0.25) is 6.29 Å². The molecule has 7 nitrogen and oxygen atoms in total. The monoisotopic (exact) mass is 404 g/mol. The Balaban J connectivity index is 2.04. The van der Waals surface area contributed by atoms with Crippen molar-refractivity contribution in [3.8, 4) is 11.5 Å². The average molecular weight is 405 g/mol. The standard InChI is InChI=1S/C17H18Cl2O7/c1-6-11(18)7-3-2-4-8(10(7)14(22)12(6)19)25-17-16(24)15(23)13(21)9(5-20)26-17/h2-4,9,13,15-17,20-24H,5H2,1H3/t9-,13+,15-,16-,17+/m0/s1. The van der Waals surface area contributed by atoms with Crippen LogP contribution in [0, 0.1) is 6.92 Å². The highest BCUT2D eigenvalue weighted by Crippen LogP contribution is 2.45. The lowest BCUT2D eigenvalue weighted by Crippen LogP contribution is -2.60. The molecule has 26 heavy (non-hydrogen) atoms. The van der Waals surface area contributed by atoms with Crippen molar-refractivity contribution in [1.29, 1.82) is 0 Å². The van der Waals surface area contributed by atoms with E-state index in [0.717, 1.165) is 0 Å². The fraction of sp³-hybridized carbons (Fsp3) is 0.412. The number of rotatable bonds is 3. The Kier molecular flexibility index (Phi) is 5.50. The van der Waals surface area contributed by atoms with Crippen LogP contribution in [-0.2, 0) is 4.74 Å². The fourth-order valence-electron chi connectivity index (χ4n) is 2.93. The number of hydrogen-bond donors (Lipinski definition) is 5. The second-order valence-electron chi connectivity index (χ2n) is 6.10. The van der Waals surface area contributed by atoms with Gasteiger partial charge in [0.1, 0.15) is 35.9 Å². The lowest BCUT2D eigenvalue weighted by Gasteiger charge is -2.39. The van der Waals surface area contributed by atoms with Gasteiger partial charge in [-0.3, -0.25) is 0 Å². The molecule has 0 bridgehead atoms. The molecule has 0 amide bonds. The Labute approximate surface area is 158 Å². The van der Waals surface area contributed by atoms with E-state index in [9.17, 15) is 25.5 Å². The van der Waals surface area contributed by atoms with Crippen LogP contribution in [0.3, 0.4) is 0 Å². The van der Waals surface area contributed by atoms with E-state index < -0.39 is 37.3 Å². The number of aromatic hydroxyl groups is 1. The molecular formula is C17H18Cl2O7. The smallest absolute Gasteiger partial charge is 0.229 e. The molecule has 142 valence electrons. The Morgan fingerprint density at radius 1 is 1.08 bits per heavy atom. The third kappa shape index (κ3) is 3.10. The summed E-state index contributed by atoms with van der Waals surface area (Å²) in [6.45, 7) is 1.08. The lowest BCUT2D eigenvalue weighted by molar-refractivity contribution is -0.277. The van der Waals surface area contributed by atoms with Crippen molar-refractivity contribution in [3.63, 3.8) is 0 Å². The first-order valence-electron chi connectivity index (χ1n) is 7.84. The van der Waals surface area contributed by atoms with Gasteiger partial charge in [-0.25, -0.2) is 0 Å². The molecule has 0 spiro atoms. The number of aliphatic hydroxyl groups excluding tert-OH is 4. The summed E-state index contributed by atoms with van der Waals surface area (Å²) in [6.07, 6.45) is -7.17. The number of ether oxygens (including phenoxy) is 2. The molecule has 5 atom stereocenters. The number of phenolic OH excluding ortho intramolecular Hbond substituents is 1. The van der Waals surface area contributed by atoms with Gasteiger partial charge in [-0.1, -0.05) is 35.3 Å². The van der Waals surface area contributed by atoms with Gasteiger partial charge >= 0.3 is 0 Å². The minimum Gasteiger partial charge on any atom is -0.506 e. The van der Waals surface area contributed by atoms with E-state index in [-0.39, 0.29) is 21.9 Å². The predicted octanol–water partition coefficient (Wildman–Crippen LogP) is 1.34. The van der Waals surface area contributed by atoms with Crippen LogP contribution in [0.25, 0.3) is 10.8 Å². The van der Waals surface area contributed by atoms with Crippen molar-refractivity contribution in [2.75, 3.05) is 6.61 Å². The Morgan fingerprint density at radius 3 is 2.42 bits per heavy atom. The topological polar surface area (TPSA) is 120 Å². The van der Waals surface area contributed by atoms with Crippen molar-refractivity contribution in [1.82, 2.24) is 0 Å². The van der Waals surface area contributed by atoms with E-state index in [1.165, 1.54) is 6.07 Å². The number of halogens is 2. The number of hydrogen-bond acceptors (Lipinski definition) is 7. The van der Waals surface area contributed by atoms with Gasteiger partial charge in [0.15, 0.2) is 0 Å². The molecule has 0 aromatic heterocycles. The first-order valence-corrected chi connectivity index (χ1v) is 8.60. The maximum Gasteiger partial charge on any atom is 0.229 e. The molecule has 0 unspecified atom stereocenters. The van der Waals surface area contributed by atoms with Gasteiger partial charge in [-0.05, 0) is 18.6 Å². The molecule has 3 rings (SSSR count).